The number of halogens is 1. The van der Waals surface area contributed by atoms with Gasteiger partial charge in [0.1, 0.15) is 0 Å². The van der Waals surface area contributed by atoms with E-state index in [-0.39, 0.29) is 49.2 Å². The fourth-order valence-corrected chi connectivity index (χ4v) is 10.1. The van der Waals surface area contributed by atoms with Crippen LogP contribution in [0, 0.1) is 0 Å². The summed E-state index contributed by atoms with van der Waals surface area (Å²) in [6, 6.07) is 32.9. The molecule has 6 aromatic rings. The molecular formula is C55H74BBrN8O6. The van der Waals surface area contributed by atoms with Crippen molar-refractivity contribution in [1.29, 1.82) is 0 Å². The first-order valence-corrected chi connectivity index (χ1v) is 25.6. The maximum absolute atomic E-state index is 13.0. The molecule has 0 spiro atoms. The van der Waals surface area contributed by atoms with E-state index in [4.69, 9.17) is 9.31 Å². The molecule has 9 rings (SSSR count). The number of aliphatic hydroxyl groups is 2. The van der Waals surface area contributed by atoms with Crippen LogP contribution in [0.1, 0.15) is 87.7 Å². The third kappa shape index (κ3) is 11.6. The Kier molecular flexibility index (Phi) is 16.9. The number of piperazine rings is 2. The lowest BCUT2D eigenvalue weighted by Gasteiger charge is -2.37. The zero-order valence-corrected chi connectivity index (χ0v) is 43.6. The Bertz CT molecular complexity index is 2740. The number of anilines is 4. The van der Waals surface area contributed by atoms with E-state index in [1.54, 1.807) is 56.9 Å². The molecule has 16 heteroatoms. The minimum Gasteiger partial charge on any atom is -0.399 e. The van der Waals surface area contributed by atoms with Crippen LogP contribution in [0.5, 0.6) is 0 Å². The van der Waals surface area contributed by atoms with E-state index in [2.05, 4.69) is 136 Å². The normalized spacial score (nSPS) is 18.3. The Hall–Kier alpha value is -5.52. The van der Waals surface area contributed by atoms with E-state index in [0.717, 1.165) is 79.4 Å². The first-order valence-electron chi connectivity index (χ1n) is 24.9. The summed E-state index contributed by atoms with van der Waals surface area (Å²) in [5, 5.41) is 20.0. The summed E-state index contributed by atoms with van der Waals surface area (Å²) in [4.78, 5) is 35.4. The molecule has 3 aliphatic heterocycles. The van der Waals surface area contributed by atoms with E-state index in [0.29, 0.717) is 12.8 Å². The van der Waals surface area contributed by atoms with E-state index >= 15 is 0 Å². The smallest absolute Gasteiger partial charge is 0.399 e. The van der Waals surface area contributed by atoms with Crippen LogP contribution in [0.3, 0.4) is 0 Å². The van der Waals surface area contributed by atoms with Crippen LogP contribution in [0.15, 0.2) is 136 Å². The van der Waals surface area contributed by atoms with Crippen LogP contribution in [0.4, 0.5) is 22.7 Å². The number of nitrogens with zero attached hydrogens (tertiary/aromatic N) is 8. The molecule has 0 saturated carbocycles. The highest BCUT2D eigenvalue weighted by Crippen LogP contribution is 2.37. The van der Waals surface area contributed by atoms with Gasteiger partial charge in [0.25, 0.3) is 0 Å². The molecule has 4 unspecified atom stereocenters. The highest BCUT2D eigenvalue weighted by molar-refractivity contribution is 9.10. The molecule has 0 aliphatic carbocycles. The van der Waals surface area contributed by atoms with E-state index in [1.165, 1.54) is 17.1 Å². The highest BCUT2D eigenvalue weighted by atomic mass is 79.9. The van der Waals surface area contributed by atoms with Crippen LogP contribution in [-0.2, 0) is 9.31 Å². The molecule has 71 heavy (non-hydrogen) atoms. The van der Waals surface area contributed by atoms with Gasteiger partial charge in [-0.3, -0.25) is 18.3 Å². The van der Waals surface area contributed by atoms with Gasteiger partial charge in [-0.1, -0.05) is 49.3 Å². The lowest BCUT2D eigenvalue weighted by atomic mass is 9.79. The fourth-order valence-electron chi connectivity index (χ4n) is 9.79. The van der Waals surface area contributed by atoms with Crippen molar-refractivity contribution in [3.63, 3.8) is 0 Å². The molecule has 380 valence electrons. The second kappa shape index (κ2) is 22.5. The molecule has 3 aliphatic rings. The number of benzene rings is 4. The Morgan fingerprint density at radius 3 is 1.08 bits per heavy atom. The van der Waals surface area contributed by atoms with E-state index in [1.807, 2.05) is 38.1 Å². The molecule has 5 heterocycles. The van der Waals surface area contributed by atoms with Crippen LogP contribution in [-0.4, -0.2) is 111 Å². The Morgan fingerprint density at radius 1 is 0.507 bits per heavy atom. The molecular weight excluding hydrogens is 959 g/mol. The number of aromatic nitrogens is 4. The number of aliphatic hydroxyl groups excluding tert-OH is 2. The van der Waals surface area contributed by atoms with Crippen molar-refractivity contribution >= 4 is 51.3 Å². The average Bonchev–Trinajstić information content (AvgIpc) is 4.00. The van der Waals surface area contributed by atoms with Gasteiger partial charge in [-0.05, 0) is 145 Å². The lowest BCUT2D eigenvalue weighted by molar-refractivity contribution is 0.00578. The van der Waals surface area contributed by atoms with Gasteiger partial charge >= 0.3 is 18.5 Å². The Labute approximate surface area is 428 Å². The number of hydrogen-bond acceptors (Lipinski definition) is 10. The van der Waals surface area contributed by atoms with Crippen molar-refractivity contribution in [2.45, 2.75) is 111 Å². The summed E-state index contributed by atoms with van der Waals surface area (Å²) < 4.78 is 20.0. The molecule has 4 atom stereocenters. The second-order valence-corrected chi connectivity index (χ2v) is 20.7. The van der Waals surface area contributed by atoms with Crippen molar-refractivity contribution in [2.75, 3.05) is 72.0 Å². The molecule has 4 aromatic carbocycles. The van der Waals surface area contributed by atoms with Gasteiger partial charge in [-0.2, -0.15) is 0 Å². The molecule has 14 nitrogen and oxygen atoms in total. The molecule has 0 radical (unpaired) electrons. The monoisotopic (exact) mass is 1030 g/mol. The maximum Gasteiger partial charge on any atom is 0.494 e. The van der Waals surface area contributed by atoms with Gasteiger partial charge < -0.3 is 39.1 Å². The van der Waals surface area contributed by atoms with Crippen LogP contribution < -0.4 is 36.4 Å². The van der Waals surface area contributed by atoms with Crippen molar-refractivity contribution in [1.82, 2.24) is 18.3 Å². The van der Waals surface area contributed by atoms with Crippen molar-refractivity contribution in [3.8, 4) is 11.4 Å². The standard InChI is InChI=1S/C30H41BN4O4.C24H29BrN4O2.CH4/c1-7-27(22(2)36)35-21-20-34(28(35)37)26-14-12-25(13-15-26)33-18-16-32(17-19-33)24-10-8-23(9-11-24)31-38-29(3,4)30(5,6)39-31;1-3-23(18(2)30)29-17-16-28(24(29)31)22-10-8-21(9-11-22)27-14-12-26(13-15-27)20-6-4-19(25)5-7-20;/h8-15,20-22,27,36H,7,16-19H2,1-6H3;4-11,16-18,23,30H,3,12-15H2,1-2H3;1H4. The fraction of sp³-hybridized carbons (Fsp3) is 0.455. The van der Waals surface area contributed by atoms with Gasteiger partial charge in [-0.25, -0.2) is 9.59 Å². The van der Waals surface area contributed by atoms with Gasteiger partial charge in [0.15, 0.2) is 0 Å². The third-order valence-corrected chi connectivity index (χ3v) is 15.3. The Morgan fingerprint density at radius 2 is 0.789 bits per heavy atom. The predicted octanol–water partition coefficient (Wildman–Crippen LogP) is 8.29. The van der Waals surface area contributed by atoms with E-state index in [9.17, 15) is 19.8 Å². The minimum atomic E-state index is -0.585. The Balaban J connectivity index is 0.000000211. The topological polar surface area (TPSA) is 126 Å². The molecule has 3 fully saturated rings. The van der Waals surface area contributed by atoms with Crippen molar-refractivity contribution in [2.24, 2.45) is 0 Å². The predicted molar refractivity (Wildman–Crippen MR) is 294 cm³/mol. The van der Waals surface area contributed by atoms with Gasteiger partial charge in [0.2, 0.25) is 0 Å². The molecule has 3 saturated heterocycles. The summed E-state index contributed by atoms with van der Waals surface area (Å²) in [5.74, 6) is 0. The zero-order valence-electron chi connectivity index (χ0n) is 42.0. The highest BCUT2D eigenvalue weighted by Gasteiger charge is 2.51. The maximum atomic E-state index is 13.0. The summed E-state index contributed by atoms with van der Waals surface area (Å²) >= 11 is 3.49. The molecule has 2 aromatic heterocycles. The SMILES string of the molecule is C.CCC(C(C)O)n1ccn(-c2ccc(N3CCN(c4ccc(B5OC(C)(C)C(C)(C)O5)cc4)CC3)cc2)c1=O.CCC(C(C)O)n1ccn(-c2ccc(N3CCN(c4ccc(Br)cc4)CC3)cc2)c1=O. The number of imidazole rings is 2. The second-order valence-electron chi connectivity index (χ2n) is 19.8. The summed E-state index contributed by atoms with van der Waals surface area (Å²) in [5.41, 5.74) is 6.54. The summed E-state index contributed by atoms with van der Waals surface area (Å²) in [6.45, 7) is 23.3. The lowest BCUT2D eigenvalue weighted by Crippen LogP contribution is -2.46. The zero-order chi connectivity index (χ0) is 49.9. The largest absolute Gasteiger partial charge is 0.494 e. The third-order valence-electron chi connectivity index (χ3n) is 14.8. The summed E-state index contributed by atoms with van der Waals surface area (Å²) in [6.07, 6.45) is 7.31. The number of hydrogen-bond donors (Lipinski definition) is 2. The van der Waals surface area contributed by atoms with Crippen LogP contribution in [0.2, 0.25) is 0 Å². The van der Waals surface area contributed by atoms with Crippen molar-refractivity contribution in [3.05, 3.63) is 147 Å². The number of rotatable bonds is 13. The van der Waals surface area contributed by atoms with Crippen LogP contribution >= 0.6 is 15.9 Å². The van der Waals surface area contributed by atoms with Crippen molar-refractivity contribution < 1.29 is 19.5 Å². The van der Waals surface area contributed by atoms with E-state index < -0.39 is 12.2 Å². The minimum absolute atomic E-state index is 0. The molecule has 0 amide bonds. The molecule has 0 bridgehead atoms. The van der Waals surface area contributed by atoms with Gasteiger partial charge in [-0.15, -0.1) is 0 Å². The van der Waals surface area contributed by atoms with Crippen LogP contribution in [0.25, 0.3) is 11.4 Å². The molecule has 2 N–H and O–H groups in total. The first kappa shape index (κ1) is 53.3. The van der Waals surface area contributed by atoms with Gasteiger partial charge in [0, 0.05) is 104 Å². The average molecular weight is 1030 g/mol. The quantitative estimate of drug-likeness (QED) is 0.109. The van der Waals surface area contributed by atoms with Gasteiger partial charge in [0.05, 0.1) is 46.9 Å². The summed E-state index contributed by atoms with van der Waals surface area (Å²) in [7, 11) is -0.343. The first-order chi connectivity index (χ1) is 33.5.